The van der Waals surface area contributed by atoms with Gasteiger partial charge in [-0.25, -0.2) is 0 Å². The normalized spacial score (nSPS) is 21.1. The lowest BCUT2D eigenvalue weighted by atomic mass is 10.1. The lowest BCUT2D eigenvalue weighted by Crippen LogP contribution is -3.27. The summed E-state index contributed by atoms with van der Waals surface area (Å²) in [4.78, 5) is 3.40. The van der Waals surface area contributed by atoms with Crippen molar-refractivity contribution in [3.63, 3.8) is 0 Å². The number of likely N-dealkylation sites (N-methyl/N-ethyl adjacent to an activating group) is 1. The number of hydrogen-bond acceptors (Lipinski definition) is 1. The van der Waals surface area contributed by atoms with Gasteiger partial charge in [-0.2, -0.15) is 0 Å². The molecule has 2 N–H and O–H groups in total. The van der Waals surface area contributed by atoms with Gasteiger partial charge in [-0.05, 0) is 23.3 Å². The maximum Gasteiger partial charge on any atom is 0.127 e. The van der Waals surface area contributed by atoms with Crippen LogP contribution >= 0.6 is 0 Å². The van der Waals surface area contributed by atoms with Crippen molar-refractivity contribution < 1.29 is 14.5 Å². The van der Waals surface area contributed by atoms with Crippen molar-refractivity contribution >= 4 is 0 Å². The first-order chi connectivity index (χ1) is 11.3. The van der Waals surface area contributed by atoms with E-state index in [0.29, 0.717) is 0 Å². The molecule has 0 bridgehead atoms. The van der Waals surface area contributed by atoms with Gasteiger partial charge < -0.3 is 14.5 Å². The minimum Gasteiger partial charge on any atom is -0.493 e. The van der Waals surface area contributed by atoms with Crippen molar-refractivity contribution in [1.82, 2.24) is 0 Å². The first kappa shape index (κ1) is 16.0. The van der Waals surface area contributed by atoms with E-state index in [9.17, 15) is 0 Å². The Morgan fingerprint density at radius 2 is 1.48 bits per heavy atom. The number of quaternary nitrogens is 2. The molecule has 0 amide bonds. The molecule has 2 aromatic rings. The topological polar surface area (TPSA) is 18.1 Å². The van der Waals surface area contributed by atoms with Crippen molar-refractivity contribution in [3.8, 4) is 16.9 Å². The molecule has 0 aliphatic carbocycles. The zero-order valence-electron chi connectivity index (χ0n) is 14.1. The SMILES string of the molecule is C[NH+]1CC[NH+](CCCOc2ccc(-c3ccccc3)cc2)CC1. The maximum absolute atomic E-state index is 5.89. The van der Waals surface area contributed by atoms with Gasteiger partial charge >= 0.3 is 0 Å². The third-order valence-electron chi connectivity index (χ3n) is 4.72. The largest absolute Gasteiger partial charge is 0.493 e. The molecule has 1 heterocycles. The van der Waals surface area contributed by atoms with E-state index < -0.39 is 0 Å². The van der Waals surface area contributed by atoms with Gasteiger partial charge in [0.15, 0.2) is 0 Å². The van der Waals surface area contributed by atoms with Crippen LogP contribution in [0.25, 0.3) is 11.1 Å². The minimum absolute atomic E-state index is 0.816. The van der Waals surface area contributed by atoms with Crippen molar-refractivity contribution in [2.24, 2.45) is 0 Å². The second-order valence-corrected chi connectivity index (χ2v) is 6.55. The lowest BCUT2D eigenvalue weighted by molar-refractivity contribution is -1.00. The zero-order chi connectivity index (χ0) is 15.9. The molecule has 3 nitrogen and oxygen atoms in total. The van der Waals surface area contributed by atoms with E-state index in [4.69, 9.17) is 4.74 Å². The molecule has 122 valence electrons. The molecule has 1 aliphatic heterocycles. The number of rotatable bonds is 6. The number of piperazine rings is 1. The Kier molecular flexibility index (Phi) is 5.67. The molecule has 0 radical (unpaired) electrons. The third-order valence-corrected chi connectivity index (χ3v) is 4.72. The molecule has 0 aromatic heterocycles. The Morgan fingerprint density at radius 1 is 0.826 bits per heavy atom. The monoisotopic (exact) mass is 312 g/mol. The maximum atomic E-state index is 5.89. The summed E-state index contributed by atoms with van der Waals surface area (Å²) in [6.07, 6.45) is 1.13. The van der Waals surface area contributed by atoms with Crippen LogP contribution in [0, 0.1) is 0 Å². The number of benzene rings is 2. The summed E-state index contributed by atoms with van der Waals surface area (Å²) in [5.74, 6) is 0.975. The summed E-state index contributed by atoms with van der Waals surface area (Å²) in [5.41, 5.74) is 2.49. The molecule has 0 unspecified atom stereocenters. The van der Waals surface area contributed by atoms with Gasteiger partial charge in [0.05, 0.1) is 20.2 Å². The highest BCUT2D eigenvalue weighted by atomic mass is 16.5. The van der Waals surface area contributed by atoms with Gasteiger partial charge in [0.2, 0.25) is 0 Å². The van der Waals surface area contributed by atoms with Gasteiger partial charge in [0.25, 0.3) is 0 Å². The molecule has 1 fully saturated rings. The van der Waals surface area contributed by atoms with E-state index in [1.54, 1.807) is 9.80 Å². The Bertz CT molecular complexity index is 574. The molecule has 0 saturated carbocycles. The second-order valence-electron chi connectivity index (χ2n) is 6.55. The van der Waals surface area contributed by atoms with Crippen LogP contribution in [0.15, 0.2) is 54.6 Å². The standard InChI is InChI=1S/C20H26N2O/c1-21-13-15-22(16-14-21)12-5-17-23-20-10-8-19(9-11-20)18-6-3-2-4-7-18/h2-4,6-11H,5,12-17H2,1H3/p+2. The van der Waals surface area contributed by atoms with Gasteiger partial charge in [-0.1, -0.05) is 42.5 Å². The number of nitrogens with one attached hydrogen (secondary N) is 2. The van der Waals surface area contributed by atoms with Gasteiger partial charge in [0.1, 0.15) is 31.9 Å². The number of ether oxygens (including phenoxy) is 1. The molecular formula is C20H28N2O+2. The van der Waals surface area contributed by atoms with Gasteiger partial charge in [-0.15, -0.1) is 0 Å². The molecule has 23 heavy (non-hydrogen) atoms. The average Bonchev–Trinajstić information content (AvgIpc) is 2.62. The Hall–Kier alpha value is -1.84. The summed E-state index contributed by atoms with van der Waals surface area (Å²) in [6.45, 7) is 7.26. The van der Waals surface area contributed by atoms with Crippen LogP contribution in [0.3, 0.4) is 0 Å². The van der Waals surface area contributed by atoms with E-state index in [1.807, 2.05) is 6.07 Å². The molecule has 1 saturated heterocycles. The Morgan fingerprint density at radius 3 is 2.17 bits per heavy atom. The Balaban J connectivity index is 1.41. The average molecular weight is 312 g/mol. The smallest absolute Gasteiger partial charge is 0.127 e. The highest BCUT2D eigenvalue weighted by Gasteiger charge is 2.18. The van der Waals surface area contributed by atoms with Crippen LogP contribution in [0.5, 0.6) is 5.75 Å². The van der Waals surface area contributed by atoms with Gasteiger partial charge in [0, 0.05) is 6.42 Å². The predicted molar refractivity (Wildman–Crippen MR) is 94.2 cm³/mol. The van der Waals surface area contributed by atoms with Crippen LogP contribution < -0.4 is 14.5 Å². The first-order valence-corrected chi connectivity index (χ1v) is 8.74. The lowest BCUT2D eigenvalue weighted by Gasteiger charge is -2.27. The zero-order valence-corrected chi connectivity index (χ0v) is 14.1. The van der Waals surface area contributed by atoms with Crippen LogP contribution in [0.2, 0.25) is 0 Å². The van der Waals surface area contributed by atoms with Gasteiger partial charge in [-0.3, -0.25) is 0 Å². The second kappa shape index (κ2) is 8.14. The summed E-state index contributed by atoms with van der Waals surface area (Å²) in [6, 6.07) is 18.9. The van der Waals surface area contributed by atoms with Crippen molar-refractivity contribution in [3.05, 3.63) is 54.6 Å². The fourth-order valence-corrected chi connectivity index (χ4v) is 3.17. The van der Waals surface area contributed by atoms with E-state index in [2.05, 4.69) is 55.6 Å². The Labute approximate surface area is 139 Å². The minimum atomic E-state index is 0.816. The third kappa shape index (κ3) is 4.81. The van der Waals surface area contributed by atoms with E-state index in [1.165, 1.54) is 43.9 Å². The van der Waals surface area contributed by atoms with Crippen molar-refractivity contribution in [1.29, 1.82) is 0 Å². The molecule has 1 aliphatic rings. The van der Waals surface area contributed by atoms with E-state index in [-0.39, 0.29) is 0 Å². The molecule has 0 spiro atoms. The summed E-state index contributed by atoms with van der Waals surface area (Å²) in [7, 11) is 2.29. The molecular weight excluding hydrogens is 284 g/mol. The van der Waals surface area contributed by atoms with Crippen LogP contribution in [-0.4, -0.2) is 46.4 Å². The van der Waals surface area contributed by atoms with Crippen molar-refractivity contribution in [2.75, 3.05) is 46.4 Å². The molecule has 3 heteroatoms. The fourth-order valence-electron chi connectivity index (χ4n) is 3.17. The first-order valence-electron chi connectivity index (χ1n) is 8.74. The molecule has 2 aromatic carbocycles. The van der Waals surface area contributed by atoms with E-state index in [0.717, 1.165) is 18.8 Å². The van der Waals surface area contributed by atoms with Crippen LogP contribution in [0.4, 0.5) is 0 Å². The summed E-state index contributed by atoms with van der Waals surface area (Å²) >= 11 is 0. The molecule has 0 atom stereocenters. The molecule has 3 rings (SSSR count). The predicted octanol–water partition coefficient (Wildman–Crippen LogP) is 0.536. The highest BCUT2D eigenvalue weighted by Crippen LogP contribution is 2.21. The summed E-state index contributed by atoms with van der Waals surface area (Å²) in [5, 5.41) is 0. The summed E-state index contributed by atoms with van der Waals surface area (Å²) < 4.78 is 5.89. The highest BCUT2D eigenvalue weighted by molar-refractivity contribution is 5.63. The number of hydrogen-bond donors (Lipinski definition) is 2. The quantitative estimate of drug-likeness (QED) is 0.745. The fraction of sp³-hybridized carbons (Fsp3) is 0.400. The van der Waals surface area contributed by atoms with Crippen LogP contribution in [-0.2, 0) is 0 Å². The van der Waals surface area contributed by atoms with Crippen molar-refractivity contribution in [2.45, 2.75) is 6.42 Å². The van der Waals surface area contributed by atoms with E-state index >= 15 is 0 Å². The van der Waals surface area contributed by atoms with Crippen LogP contribution in [0.1, 0.15) is 6.42 Å².